The number of imide groups is 1. The molecule has 31 heavy (non-hydrogen) atoms. The summed E-state index contributed by atoms with van der Waals surface area (Å²) in [5.41, 5.74) is 1.73. The van der Waals surface area contributed by atoms with Crippen molar-refractivity contribution in [1.82, 2.24) is 14.7 Å². The van der Waals surface area contributed by atoms with E-state index in [9.17, 15) is 14.7 Å². The molecule has 3 rings (SSSR count). The number of aliphatic hydroxyl groups excluding tert-OH is 1. The minimum absolute atomic E-state index is 0.124. The van der Waals surface area contributed by atoms with E-state index in [1.165, 1.54) is 4.90 Å². The first kappa shape index (κ1) is 23.3. The van der Waals surface area contributed by atoms with Crippen molar-refractivity contribution >= 4 is 17.4 Å². The number of benzene rings is 1. The maximum Gasteiger partial charge on any atom is 0.277 e. The monoisotopic (exact) mass is 429 g/mol. The van der Waals surface area contributed by atoms with Crippen molar-refractivity contribution in [2.75, 3.05) is 52.5 Å². The molecule has 0 aliphatic carbocycles. The van der Waals surface area contributed by atoms with E-state index in [1.807, 2.05) is 43.0 Å². The summed E-state index contributed by atoms with van der Waals surface area (Å²) in [6.07, 6.45) is 0. The first-order chi connectivity index (χ1) is 14.8. The second kappa shape index (κ2) is 10.3. The fourth-order valence-electron chi connectivity index (χ4n) is 3.97. The van der Waals surface area contributed by atoms with Gasteiger partial charge in [0, 0.05) is 39.3 Å². The Balaban J connectivity index is 1.89. The van der Waals surface area contributed by atoms with Crippen LogP contribution in [0.15, 0.2) is 30.0 Å². The largest absolute Gasteiger partial charge is 0.493 e. The maximum absolute atomic E-state index is 13.3. The fourth-order valence-corrected chi connectivity index (χ4v) is 3.97. The van der Waals surface area contributed by atoms with E-state index in [-0.39, 0.29) is 24.3 Å². The van der Waals surface area contributed by atoms with Crippen LogP contribution >= 0.6 is 0 Å². The lowest BCUT2D eigenvalue weighted by molar-refractivity contribution is -0.138. The molecule has 7 heteroatoms. The van der Waals surface area contributed by atoms with Gasteiger partial charge in [-0.3, -0.25) is 19.4 Å². The Bertz CT molecular complexity index is 809. The van der Waals surface area contributed by atoms with Gasteiger partial charge in [0.25, 0.3) is 11.8 Å². The van der Waals surface area contributed by atoms with E-state index in [2.05, 4.69) is 18.7 Å². The molecule has 1 aromatic carbocycles. The molecule has 0 unspecified atom stereocenters. The van der Waals surface area contributed by atoms with E-state index >= 15 is 0 Å². The van der Waals surface area contributed by atoms with Gasteiger partial charge in [0.1, 0.15) is 11.4 Å². The van der Waals surface area contributed by atoms with Gasteiger partial charge in [0.2, 0.25) is 0 Å². The van der Waals surface area contributed by atoms with Crippen LogP contribution in [0.4, 0.5) is 0 Å². The van der Waals surface area contributed by atoms with E-state index in [4.69, 9.17) is 4.74 Å². The van der Waals surface area contributed by atoms with Crippen LogP contribution in [0.5, 0.6) is 5.75 Å². The average molecular weight is 430 g/mol. The molecule has 0 spiro atoms. The third-order valence-corrected chi connectivity index (χ3v) is 5.52. The van der Waals surface area contributed by atoms with Gasteiger partial charge in [0.05, 0.1) is 18.8 Å². The second-order valence-corrected chi connectivity index (χ2v) is 9.12. The van der Waals surface area contributed by atoms with Gasteiger partial charge in [0.15, 0.2) is 0 Å². The number of carbonyl (C=O) groups excluding carboxylic acids is 2. The first-order valence-corrected chi connectivity index (χ1v) is 11.2. The third kappa shape index (κ3) is 5.46. The molecule has 0 bridgehead atoms. The fraction of sp³-hybridized carbons (Fsp3) is 0.583. The number of amides is 2. The van der Waals surface area contributed by atoms with Crippen LogP contribution in [0.1, 0.15) is 33.3 Å². The highest BCUT2D eigenvalue weighted by molar-refractivity contribution is 6.35. The quantitative estimate of drug-likeness (QED) is 0.606. The molecule has 0 aromatic heterocycles. The van der Waals surface area contributed by atoms with E-state index in [0.717, 1.165) is 24.4 Å². The molecular formula is C24H35N3O4. The summed E-state index contributed by atoms with van der Waals surface area (Å²) >= 11 is 0. The zero-order valence-electron chi connectivity index (χ0n) is 19.1. The smallest absolute Gasteiger partial charge is 0.277 e. The first-order valence-electron chi connectivity index (χ1n) is 11.2. The zero-order chi connectivity index (χ0) is 22.5. The third-order valence-electron chi connectivity index (χ3n) is 5.52. The van der Waals surface area contributed by atoms with Crippen LogP contribution < -0.4 is 4.74 Å². The van der Waals surface area contributed by atoms with Crippen LogP contribution in [0.2, 0.25) is 0 Å². The van der Waals surface area contributed by atoms with Crippen molar-refractivity contribution in [2.24, 2.45) is 11.8 Å². The number of carbonyl (C=O) groups is 2. The van der Waals surface area contributed by atoms with Gasteiger partial charge in [-0.15, -0.1) is 0 Å². The lowest BCUT2D eigenvalue weighted by atomic mass is 10.0. The topological polar surface area (TPSA) is 73.3 Å². The molecular weight excluding hydrogens is 394 g/mol. The minimum atomic E-state index is -0.220. The predicted molar refractivity (Wildman–Crippen MR) is 120 cm³/mol. The summed E-state index contributed by atoms with van der Waals surface area (Å²) in [5.74, 6) is 0.957. The summed E-state index contributed by atoms with van der Waals surface area (Å²) in [4.78, 5) is 32.2. The molecule has 1 saturated heterocycles. The molecule has 0 atom stereocenters. The molecule has 0 saturated carbocycles. The number of nitrogens with zero attached hydrogens (tertiary/aromatic N) is 3. The second-order valence-electron chi connectivity index (χ2n) is 9.12. The number of rotatable bonds is 9. The Hall–Kier alpha value is -2.38. The van der Waals surface area contributed by atoms with Crippen molar-refractivity contribution in [3.63, 3.8) is 0 Å². The predicted octanol–water partition coefficient (Wildman–Crippen LogP) is 2.07. The number of β-amino-alcohol motifs (C(OH)–C–C–N with tert-alkyl or cyclic N) is 1. The molecule has 7 nitrogen and oxygen atoms in total. The Morgan fingerprint density at radius 1 is 0.935 bits per heavy atom. The van der Waals surface area contributed by atoms with Crippen LogP contribution in [-0.4, -0.2) is 84.1 Å². The van der Waals surface area contributed by atoms with E-state index in [0.29, 0.717) is 50.0 Å². The summed E-state index contributed by atoms with van der Waals surface area (Å²) < 4.78 is 5.77. The van der Waals surface area contributed by atoms with Crippen molar-refractivity contribution in [3.8, 4) is 5.75 Å². The molecule has 2 aliphatic heterocycles. The van der Waals surface area contributed by atoms with E-state index < -0.39 is 0 Å². The summed E-state index contributed by atoms with van der Waals surface area (Å²) in [7, 11) is 0. The van der Waals surface area contributed by atoms with Crippen molar-refractivity contribution in [3.05, 3.63) is 35.5 Å². The molecule has 0 radical (unpaired) electrons. The van der Waals surface area contributed by atoms with E-state index in [1.54, 1.807) is 0 Å². The Morgan fingerprint density at radius 2 is 1.58 bits per heavy atom. The molecule has 1 aromatic rings. The highest BCUT2D eigenvalue weighted by Crippen LogP contribution is 2.33. The number of aliphatic hydroxyl groups is 1. The van der Waals surface area contributed by atoms with Gasteiger partial charge in [-0.1, -0.05) is 39.8 Å². The van der Waals surface area contributed by atoms with Crippen molar-refractivity contribution in [1.29, 1.82) is 0 Å². The number of piperazine rings is 1. The maximum atomic E-state index is 13.3. The number of hydrogen-bond acceptors (Lipinski definition) is 6. The van der Waals surface area contributed by atoms with Crippen LogP contribution in [0.3, 0.4) is 0 Å². The molecule has 1 fully saturated rings. The molecule has 2 amide bonds. The summed E-state index contributed by atoms with van der Waals surface area (Å²) in [6.45, 7) is 12.8. The zero-order valence-corrected chi connectivity index (χ0v) is 19.1. The van der Waals surface area contributed by atoms with Gasteiger partial charge in [-0.05, 0) is 29.5 Å². The highest BCUT2D eigenvalue weighted by atomic mass is 16.5. The Kier molecular flexibility index (Phi) is 7.73. The average Bonchev–Trinajstić information content (AvgIpc) is 2.98. The highest BCUT2D eigenvalue weighted by Gasteiger charge is 2.42. The molecule has 170 valence electrons. The molecule has 1 N–H and O–H groups in total. The molecule has 2 aliphatic rings. The van der Waals surface area contributed by atoms with Gasteiger partial charge < -0.3 is 14.7 Å². The summed E-state index contributed by atoms with van der Waals surface area (Å²) in [5, 5.41) is 9.19. The number of hydrogen-bond donors (Lipinski definition) is 1. The Morgan fingerprint density at radius 3 is 2.13 bits per heavy atom. The molecule has 2 heterocycles. The van der Waals surface area contributed by atoms with Gasteiger partial charge in [-0.25, -0.2) is 0 Å². The van der Waals surface area contributed by atoms with Crippen LogP contribution in [-0.2, 0) is 9.59 Å². The lowest BCUT2D eigenvalue weighted by Gasteiger charge is -2.36. The number of ether oxygens (including phenoxy) is 1. The standard InChI is InChI=1S/C24H35N3O4/c1-17(2)15-27-23(29)21(19-5-7-20(8-6-19)31-16-18(3)4)22(24(27)30)26-11-9-25(10-12-26)13-14-28/h5-8,17-18,28H,9-16H2,1-4H3. The van der Waals surface area contributed by atoms with Crippen molar-refractivity contribution < 1.29 is 19.4 Å². The van der Waals surface area contributed by atoms with Gasteiger partial charge in [-0.2, -0.15) is 0 Å². The normalized spacial score (nSPS) is 18.2. The van der Waals surface area contributed by atoms with Crippen LogP contribution in [0.25, 0.3) is 5.57 Å². The summed E-state index contributed by atoms with van der Waals surface area (Å²) in [6, 6.07) is 7.48. The lowest BCUT2D eigenvalue weighted by Crippen LogP contribution is -2.48. The van der Waals surface area contributed by atoms with Crippen LogP contribution in [0, 0.1) is 11.8 Å². The SMILES string of the molecule is CC(C)COc1ccc(C2=C(N3CCN(CCO)CC3)C(=O)N(CC(C)C)C2=O)cc1. The van der Waals surface area contributed by atoms with Gasteiger partial charge >= 0.3 is 0 Å². The Labute approximate surface area is 185 Å². The van der Waals surface area contributed by atoms with Crippen molar-refractivity contribution in [2.45, 2.75) is 27.7 Å². The minimum Gasteiger partial charge on any atom is -0.493 e.